The van der Waals surface area contributed by atoms with Crippen molar-refractivity contribution in [3.05, 3.63) is 58.0 Å². The lowest BCUT2D eigenvalue weighted by Gasteiger charge is -2.14. The molecule has 1 aromatic carbocycles. The van der Waals surface area contributed by atoms with Gasteiger partial charge in [0.2, 0.25) is 0 Å². The third kappa shape index (κ3) is 4.74. The summed E-state index contributed by atoms with van der Waals surface area (Å²) < 4.78 is 19.0. The quantitative estimate of drug-likeness (QED) is 0.836. The van der Waals surface area contributed by atoms with E-state index < -0.39 is 0 Å². The maximum absolute atomic E-state index is 13.4. The molecule has 2 aromatic rings. The topological polar surface area (TPSA) is 21.3 Å². The Kier molecular flexibility index (Phi) is 5.51. The molecule has 0 saturated carbocycles. The minimum absolute atomic E-state index is 0.0552. The fourth-order valence-corrected chi connectivity index (χ4v) is 2.39. The molecule has 1 N–H and O–H groups in total. The van der Waals surface area contributed by atoms with E-state index in [1.807, 2.05) is 19.1 Å². The van der Waals surface area contributed by atoms with Crippen molar-refractivity contribution < 1.29 is 9.13 Å². The molecule has 1 atom stereocenters. The number of rotatable bonds is 7. The Morgan fingerprint density at radius 2 is 2.11 bits per heavy atom. The van der Waals surface area contributed by atoms with Gasteiger partial charge in [-0.2, -0.15) is 0 Å². The van der Waals surface area contributed by atoms with E-state index in [4.69, 9.17) is 4.74 Å². The summed E-state index contributed by atoms with van der Waals surface area (Å²) >= 11 is 1.73. The summed E-state index contributed by atoms with van der Waals surface area (Å²) in [6, 6.07) is 10.9. The van der Waals surface area contributed by atoms with Crippen molar-refractivity contribution >= 4 is 11.3 Å². The van der Waals surface area contributed by atoms with Crippen LogP contribution in [0.3, 0.4) is 0 Å². The molecule has 2 nitrogen and oxygen atoms in total. The summed E-state index contributed by atoms with van der Waals surface area (Å²) in [7, 11) is 0. The zero-order valence-corrected chi connectivity index (χ0v) is 11.8. The average molecular weight is 279 g/mol. The normalized spacial score (nSPS) is 12.5. The Morgan fingerprint density at radius 3 is 2.84 bits per heavy atom. The van der Waals surface area contributed by atoms with Crippen LogP contribution in [0.25, 0.3) is 0 Å². The number of ether oxygens (including phenoxy) is 1. The second-order valence-corrected chi connectivity index (χ2v) is 5.46. The standard InChI is InChI=1S/C15H18FNOS/c1-12(9-17-10-14-6-4-8-19-14)18-11-13-5-2-3-7-15(13)16/h2-8,12,17H,9-11H2,1H3. The van der Waals surface area contributed by atoms with E-state index >= 15 is 0 Å². The van der Waals surface area contributed by atoms with Crippen molar-refractivity contribution in [2.75, 3.05) is 6.54 Å². The zero-order valence-electron chi connectivity index (χ0n) is 10.9. The van der Waals surface area contributed by atoms with E-state index in [1.54, 1.807) is 23.5 Å². The van der Waals surface area contributed by atoms with E-state index in [2.05, 4.69) is 16.8 Å². The van der Waals surface area contributed by atoms with Crippen LogP contribution in [-0.2, 0) is 17.9 Å². The highest BCUT2D eigenvalue weighted by molar-refractivity contribution is 7.09. The minimum Gasteiger partial charge on any atom is -0.372 e. The molecule has 0 aliphatic heterocycles. The molecule has 0 aliphatic carbocycles. The molecule has 0 spiro atoms. The molecule has 1 aromatic heterocycles. The maximum Gasteiger partial charge on any atom is 0.128 e. The molecule has 0 radical (unpaired) electrons. The smallest absolute Gasteiger partial charge is 0.128 e. The summed E-state index contributed by atoms with van der Waals surface area (Å²) in [5, 5.41) is 5.39. The highest BCUT2D eigenvalue weighted by Crippen LogP contribution is 2.09. The van der Waals surface area contributed by atoms with E-state index in [9.17, 15) is 4.39 Å². The van der Waals surface area contributed by atoms with E-state index in [-0.39, 0.29) is 11.9 Å². The first-order valence-electron chi connectivity index (χ1n) is 6.34. The van der Waals surface area contributed by atoms with E-state index in [0.717, 1.165) is 13.1 Å². The third-order valence-corrected chi connectivity index (χ3v) is 3.67. The Labute approximate surface area is 117 Å². The van der Waals surface area contributed by atoms with Crippen LogP contribution in [0.5, 0.6) is 0 Å². The van der Waals surface area contributed by atoms with Crippen molar-refractivity contribution in [3.63, 3.8) is 0 Å². The van der Waals surface area contributed by atoms with E-state index in [1.165, 1.54) is 10.9 Å². The fraction of sp³-hybridized carbons (Fsp3) is 0.333. The van der Waals surface area contributed by atoms with Crippen LogP contribution in [0.1, 0.15) is 17.4 Å². The molecule has 0 saturated heterocycles. The van der Waals surface area contributed by atoms with Crippen molar-refractivity contribution in [1.82, 2.24) is 5.32 Å². The Hall–Kier alpha value is -1.23. The summed E-state index contributed by atoms with van der Waals surface area (Å²) in [6.07, 6.45) is 0.0552. The minimum atomic E-state index is -0.207. The van der Waals surface area contributed by atoms with Gasteiger partial charge in [-0.05, 0) is 24.4 Å². The van der Waals surface area contributed by atoms with Gasteiger partial charge in [-0.3, -0.25) is 0 Å². The van der Waals surface area contributed by atoms with Crippen LogP contribution < -0.4 is 5.32 Å². The number of nitrogens with one attached hydrogen (secondary N) is 1. The first kappa shape index (κ1) is 14.2. The van der Waals surface area contributed by atoms with Gasteiger partial charge in [0.15, 0.2) is 0 Å². The predicted octanol–water partition coefficient (Wildman–Crippen LogP) is 3.58. The van der Waals surface area contributed by atoms with Crippen LogP contribution in [0.2, 0.25) is 0 Å². The Bertz CT molecular complexity index is 487. The second kappa shape index (κ2) is 7.38. The van der Waals surface area contributed by atoms with Gasteiger partial charge in [0, 0.05) is 23.5 Å². The number of halogens is 1. The van der Waals surface area contributed by atoms with Gasteiger partial charge in [-0.25, -0.2) is 4.39 Å². The lowest BCUT2D eigenvalue weighted by atomic mass is 10.2. The van der Waals surface area contributed by atoms with Gasteiger partial charge in [-0.15, -0.1) is 11.3 Å². The molecule has 19 heavy (non-hydrogen) atoms. The first-order valence-corrected chi connectivity index (χ1v) is 7.22. The molecule has 0 bridgehead atoms. The van der Waals surface area contributed by atoms with E-state index in [0.29, 0.717) is 12.2 Å². The summed E-state index contributed by atoms with van der Waals surface area (Å²) in [5.41, 5.74) is 0.604. The Morgan fingerprint density at radius 1 is 1.26 bits per heavy atom. The molecule has 2 rings (SSSR count). The van der Waals surface area contributed by atoms with Gasteiger partial charge in [0.05, 0.1) is 12.7 Å². The van der Waals surface area contributed by atoms with Crippen molar-refractivity contribution in [1.29, 1.82) is 0 Å². The number of hydrogen-bond acceptors (Lipinski definition) is 3. The zero-order chi connectivity index (χ0) is 13.5. The second-order valence-electron chi connectivity index (χ2n) is 4.42. The van der Waals surface area contributed by atoms with Crippen LogP contribution >= 0.6 is 11.3 Å². The lowest BCUT2D eigenvalue weighted by molar-refractivity contribution is 0.0514. The van der Waals surface area contributed by atoms with Crippen LogP contribution in [0.15, 0.2) is 41.8 Å². The number of benzene rings is 1. The number of hydrogen-bond donors (Lipinski definition) is 1. The first-order chi connectivity index (χ1) is 9.25. The lowest BCUT2D eigenvalue weighted by Crippen LogP contribution is -2.26. The molecule has 1 unspecified atom stereocenters. The molecule has 0 amide bonds. The predicted molar refractivity (Wildman–Crippen MR) is 76.7 cm³/mol. The SMILES string of the molecule is CC(CNCc1cccs1)OCc1ccccc1F. The van der Waals surface area contributed by atoms with Gasteiger partial charge < -0.3 is 10.1 Å². The summed E-state index contributed by atoms with van der Waals surface area (Å²) in [6.45, 7) is 3.91. The van der Waals surface area contributed by atoms with Crippen LogP contribution in [0.4, 0.5) is 4.39 Å². The molecule has 0 aliphatic rings. The van der Waals surface area contributed by atoms with Crippen LogP contribution in [-0.4, -0.2) is 12.6 Å². The van der Waals surface area contributed by atoms with Crippen LogP contribution in [0, 0.1) is 5.82 Å². The van der Waals surface area contributed by atoms with Gasteiger partial charge in [0.1, 0.15) is 5.82 Å². The summed E-state index contributed by atoms with van der Waals surface area (Å²) in [5.74, 6) is -0.207. The highest BCUT2D eigenvalue weighted by atomic mass is 32.1. The van der Waals surface area contributed by atoms with Crippen molar-refractivity contribution in [2.24, 2.45) is 0 Å². The maximum atomic E-state index is 13.4. The summed E-state index contributed by atoms with van der Waals surface area (Å²) in [4.78, 5) is 1.31. The molecular formula is C15H18FNOS. The Balaban J connectivity index is 1.67. The molecule has 1 heterocycles. The molecular weight excluding hydrogens is 261 g/mol. The highest BCUT2D eigenvalue weighted by Gasteiger charge is 2.05. The van der Waals surface area contributed by atoms with Gasteiger partial charge in [0.25, 0.3) is 0 Å². The monoisotopic (exact) mass is 279 g/mol. The molecule has 102 valence electrons. The number of thiophene rings is 1. The van der Waals surface area contributed by atoms with Gasteiger partial charge >= 0.3 is 0 Å². The third-order valence-electron chi connectivity index (χ3n) is 2.79. The fourth-order valence-electron chi connectivity index (χ4n) is 1.72. The van der Waals surface area contributed by atoms with Crippen molar-refractivity contribution in [2.45, 2.75) is 26.2 Å². The molecule has 4 heteroatoms. The van der Waals surface area contributed by atoms with Crippen molar-refractivity contribution in [3.8, 4) is 0 Å². The largest absolute Gasteiger partial charge is 0.372 e. The average Bonchev–Trinajstić information content (AvgIpc) is 2.91. The molecule has 0 fully saturated rings. The van der Waals surface area contributed by atoms with Gasteiger partial charge in [-0.1, -0.05) is 24.3 Å².